The maximum absolute atomic E-state index is 5.44. The summed E-state index contributed by atoms with van der Waals surface area (Å²) in [6.07, 6.45) is 33.0. The van der Waals surface area contributed by atoms with Crippen LogP contribution in [0, 0.1) is 0 Å². The Kier molecular flexibility index (Phi) is 11.6. The molecule has 8 N–H and O–H groups in total. The highest BCUT2D eigenvalue weighted by Crippen LogP contribution is 2.41. The SMILES string of the molecule is C1=Cc2cc3ccc([nH]3)c(-c3c4nc(cc5ccc([nH]5)c(-c5c6nc(cc7ccc([nH]7)c(-c7c8nc(cc9ccc(cc%10nc(cc%11ccc7[nH]%11)C=C%10)[nH]9)C=C8)c7nc(cc8ccc5[nH]8)C=C7)C=C6)c5nc(cc6ccc3[nH]6)C=C5)C=C4)c3nc(cc4ccc(cc1n2)[nH]4)C=C3. The molecule has 16 nitrogen and oxygen atoms in total. The molecule has 0 radical (unpaired) electrons. The zero-order valence-corrected chi connectivity index (χ0v) is 50.8. The minimum atomic E-state index is 0.760. The van der Waals surface area contributed by atoms with Gasteiger partial charge >= 0.3 is 0 Å². The molecule has 450 valence electrons. The lowest BCUT2D eigenvalue weighted by atomic mass is 10.0. The molecule has 20 heterocycles. The lowest BCUT2D eigenvalue weighted by molar-refractivity contribution is 1.29. The van der Waals surface area contributed by atoms with Crippen LogP contribution in [0.2, 0.25) is 0 Å². The van der Waals surface area contributed by atoms with Crippen LogP contribution in [0.1, 0.15) is 91.1 Å². The van der Waals surface area contributed by atoms with Gasteiger partial charge in [0.1, 0.15) is 0 Å². The van der Waals surface area contributed by atoms with Crippen LogP contribution >= 0.6 is 0 Å². The number of hydrogen-bond acceptors (Lipinski definition) is 8. The van der Waals surface area contributed by atoms with Gasteiger partial charge in [0, 0.05) is 122 Å². The van der Waals surface area contributed by atoms with Crippen LogP contribution in [0.25, 0.3) is 219 Å². The largest absolute Gasteiger partial charge is 0.355 e. The lowest BCUT2D eigenvalue weighted by Gasteiger charge is -2.06. The van der Waals surface area contributed by atoms with Gasteiger partial charge in [-0.15, -0.1) is 0 Å². The summed E-state index contributed by atoms with van der Waals surface area (Å²) >= 11 is 0. The summed E-state index contributed by atoms with van der Waals surface area (Å²) in [5.41, 5.74) is 32.3. The molecule has 0 aliphatic carbocycles. The van der Waals surface area contributed by atoms with Gasteiger partial charge in [-0.2, -0.15) is 0 Å². The van der Waals surface area contributed by atoms with E-state index in [0.717, 1.165) is 213 Å². The Morgan fingerprint density at radius 1 is 0.146 bits per heavy atom. The van der Waals surface area contributed by atoms with Crippen molar-refractivity contribution < 1.29 is 0 Å². The van der Waals surface area contributed by atoms with Crippen LogP contribution < -0.4 is 0 Å². The monoisotopic (exact) mass is 1230 g/mol. The van der Waals surface area contributed by atoms with Gasteiger partial charge in [-0.1, -0.05) is 0 Å². The second kappa shape index (κ2) is 21.0. The molecule has 96 heavy (non-hydrogen) atoms. The third-order valence-electron chi connectivity index (χ3n) is 18.0. The first-order valence-corrected chi connectivity index (χ1v) is 31.7. The zero-order valence-electron chi connectivity index (χ0n) is 50.8. The second-order valence-corrected chi connectivity index (χ2v) is 24.5. The van der Waals surface area contributed by atoms with Gasteiger partial charge in [0.2, 0.25) is 0 Å². The standard InChI is InChI=1S/C80H50N16/c1-5-47-35-51-9-21-63(85-51)75(64-22-10-52(86-64)36-48-6-2-44(82-48)33-43(1)81-47)77-67-25-13-55(89-67)39-59-17-29-71(93-59)79(72-30-18-60(94-72)40-56-14-26-68(77)90-56)80-73-31-19-61(95-73)41-57-15-27-69(91-57)78(70-28-16-58(92-70)42-62-20-32-74(80)96-62)76-65-23-11-53(87-65)37-49-7-3-45(83-49)34-46-4-8-50(84-46)38-54-12-24-66(76)88-54/h1-42,81,83,86,88-89,91,94,96H. The summed E-state index contributed by atoms with van der Waals surface area (Å²) in [6, 6.07) is 54.2. The van der Waals surface area contributed by atoms with Crippen molar-refractivity contribution in [1.82, 2.24) is 79.7 Å². The van der Waals surface area contributed by atoms with Crippen molar-refractivity contribution in [1.29, 1.82) is 0 Å². The van der Waals surface area contributed by atoms with Gasteiger partial charge in [-0.25, -0.2) is 39.9 Å². The van der Waals surface area contributed by atoms with Gasteiger partial charge in [0.05, 0.1) is 91.1 Å². The molecule has 0 amide bonds. The first-order chi connectivity index (χ1) is 47.3. The van der Waals surface area contributed by atoms with E-state index in [0.29, 0.717) is 0 Å². The molecule has 32 bridgehead atoms. The molecule has 20 rings (SSSR count). The average Bonchev–Trinajstić information content (AvgIpc) is 1.71. The number of nitrogens with zero attached hydrogens (tertiary/aromatic N) is 8. The van der Waals surface area contributed by atoms with Crippen LogP contribution in [-0.2, 0) is 0 Å². The van der Waals surface area contributed by atoms with Crippen molar-refractivity contribution in [2.75, 3.05) is 0 Å². The quantitative estimate of drug-likeness (QED) is 0.0846. The average molecular weight is 1240 g/mol. The fourth-order valence-corrected chi connectivity index (χ4v) is 13.7. The van der Waals surface area contributed by atoms with Crippen molar-refractivity contribution in [2.45, 2.75) is 0 Å². The molecule has 0 saturated carbocycles. The Morgan fingerprint density at radius 2 is 0.292 bits per heavy atom. The van der Waals surface area contributed by atoms with E-state index < -0.39 is 0 Å². The van der Waals surface area contributed by atoms with Crippen LogP contribution in [0.4, 0.5) is 0 Å². The van der Waals surface area contributed by atoms with Gasteiger partial charge < -0.3 is 39.9 Å². The molecule has 12 aromatic rings. The van der Waals surface area contributed by atoms with Crippen LogP contribution in [0.15, 0.2) is 158 Å². The Labute approximate surface area is 544 Å². The van der Waals surface area contributed by atoms with Crippen LogP contribution in [0.5, 0.6) is 0 Å². The molecular weight excluding hydrogens is 1180 g/mol. The van der Waals surface area contributed by atoms with E-state index >= 15 is 0 Å². The first kappa shape index (κ1) is 53.1. The maximum atomic E-state index is 5.44. The van der Waals surface area contributed by atoms with Gasteiger partial charge in [0.15, 0.2) is 0 Å². The number of aromatic nitrogens is 16. The fraction of sp³-hybridized carbons (Fsp3) is 0. The molecule has 0 spiro atoms. The van der Waals surface area contributed by atoms with E-state index in [1.165, 1.54) is 0 Å². The molecule has 0 atom stereocenters. The lowest BCUT2D eigenvalue weighted by Crippen LogP contribution is -1.91. The van der Waals surface area contributed by atoms with Crippen molar-refractivity contribution >= 4 is 185 Å². The molecular formula is C80H50N16. The van der Waals surface area contributed by atoms with Crippen molar-refractivity contribution in [3.8, 4) is 33.4 Å². The van der Waals surface area contributed by atoms with E-state index in [2.05, 4.69) is 258 Å². The smallest absolute Gasteiger partial charge is 0.0738 e. The highest BCUT2D eigenvalue weighted by Gasteiger charge is 2.23. The Bertz CT molecular complexity index is 6090. The van der Waals surface area contributed by atoms with E-state index in [9.17, 15) is 0 Å². The van der Waals surface area contributed by atoms with Crippen molar-refractivity contribution in [3.05, 3.63) is 249 Å². The third kappa shape index (κ3) is 9.55. The highest BCUT2D eigenvalue weighted by molar-refractivity contribution is 6.05. The highest BCUT2D eigenvalue weighted by atomic mass is 14.8. The van der Waals surface area contributed by atoms with E-state index in [1.807, 2.05) is 36.4 Å². The Balaban J connectivity index is 0.772. The maximum Gasteiger partial charge on any atom is 0.0738 e. The van der Waals surface area contributed by atoms with E-state index in [-0.39, 0.29) is 0 Å². The number of hydrogen-bond donors (Lipinski definition) is 8. The van der Waals surface area contributed by atoms with E-state index in [4.69, 9.17) is 39.9 Å². The third-order valence-corrected chi connectivity index (χ3v) is 18.0. The van der Waals surface area contributed by atoms with E-state index in [1.54, 1.807) is 0 Å². The van der Waals surface area contributed by atoms with Gasteiger partial charge in [-0.05, 0) is 255 Å². The summed E-state index contributed by atoms with van der Waals surface area (Å²) in [7, 11) is 0. The number of aromatic amines is 8. The molecule has 12 aromatic heterocycles. The van der Waals surface area contributed by atoms with Crippen LogP contribution in [0.3, 0.4) is 0 Å². The summed E-state index contributed by atoms with van der Waals surface area (Å²) in [5.74, 6) is 0. The van der Waals surface area contributed by atoms with Gasteiger partial charge in [0.25, 0.3) is 0 Å². The summed E-state index contributed by atoms with van der Waals surface area (Å²) < 4.78 is 0. The van der Waals surface area contributed by atoms with Crippen molar-refractivity contribution in [2.24, 2.45) is 0 Å². The number of fused-ring (bicyclic) bond motifs is 32. The molecule has 8 aliphatic heterocycles. The zero-order chi connectivity index (χ0) is 63.0. The van der Waals surface area contributed by atoms with Gasteiger partial charge in [-0.3, -0.25) is 0 Å². The molecule has 16 heteroatoms. The minimum absolute atomic E-state index is 0.760. The molecule has 0 unspecified atom stereocenters. The molecule has 0 aromatic carbocycles. The molecule has 0 saturated heterocycles. The topological polar surface area (TPSA) is 229 Å². The first-order valence-electron chi connectivity index (χ1n) is 31.7. The Morgan fingerprint density at radius 3 is 0.479 bits per heavy atom. The summed E-state index contributed by atoms with van der Waals surface area (Å²) in [4.78, 5) is 71.8. The predicted molar refractivity (Wildman–Crippen MR) is 392 cm³/mol. The predicted octanol–water partition coefficient (Wildman–Crippen LogP) is 18.6. The summed E-state index contributed by atoms with van der Waals surface area (Å²) in [6.45, 7) is 0. The van der Waals surface area contributed by atoms with Crippen molar-refractivity contribution in [3.63, 3.8) is 0 Å². The van der Waals surface area contributed by atoms with Crippen LogP contribution in [-0.4, -0.2) is 79.7 Å². The second-order valence-electron chi connectivity index (χ2n) is 24.5. The minimum Gasteiger partial charge on any atom is -0.355 e. The fourth-order valence-electron chi connectivity index (χ4n) is 13.7. The number of nitrogens with one attached hydrogen (secondary N) is 8. The molecule has 8 aliphatic rings. The summed E-state index contributed by atoms with van der Waals surface area (Å²) in [5, 5.41) is 0. The number of H-pyrrole nitrogens is 8. The Hall–Kier alpha value is -13.6. The molecule has 0 fully saturated rings. The normalized spacial score (nSPS) is 13.3. The number of rotatable bonds is 3.